The molecule has 3 rings (SSSR count). The molecule has 2 unspecified atom stereocenters. The Labute approximate surface area is 114 Å². The summed E-state index contributed by atoms with van der Waals surface area (Å²) in [5.41, 5.74) is 5.66. The third-order valence-electron chi connectivity index (χ3n) is 4.69. The van der Waals surface area contributed by atoms with E-state index in [0.717, 1.165) is 18.5 Å². The third-order valence-corrected chi connectivity index (χ3v) is 4.69. The van der Waals surface area contributed by atoms with Crippen molar-refractivity contribution in [3.05, 3.63) is 18.0 Å². The third kappa shape index (κ3) is 2.99. The molecule has 3 nitrogen and oxygen atoms in total. The van der Waals surface area contributed by atoms with Crippen LogP contribution >= 0.6 is 0 Å². The van der Waals surface area contributed by atoms with Crippen LogP contribution in [0.1, 0.15) is 63.1 Å². The Morgan fingerprint density at radius 1 is 1.32 bits per heavy atom. The fourth-order valence-electron chi connectivity index (χ4n) is 3.68. The van der Waals surface area contributed by atoms with E-state index in [-0.39, 0.29) is 6.04 Å². The van der Waals surface area contributed by atoms with Crippen LogP contribution in [0.5, 0.6) is 0 Å². The summed E-state index contributed by atoms with van der Waals surface area (Å²) in [7, 11) is 0. The molecule has 1 heterocycles. The van der Waals surface area contributed by atoms with E-state index in [9.17, 15) is 4.39 Å². The number of nitrogens with zero attached hydrogens (tertiary/aromatic N) is 2. The zero-order valence-corrected chi connectivity index (χ0v) is 11.5. The molecule has 0 saturated heterocycles. The van der Waals surface area contributed by atoms with Gasteiger partial charge in [0.15, 0.2) is 0 Å². The van der Waals surface area contributed by atoms with Gasteiger partial charge in [-0.2, -0.15) is 5.10 Å². The molecule has 1 aromatic rings. The number of aromatic nitrogens is 2. The first kappa shape index (κ1) is 13.1. The molecular weight excluding hydrogens is 241 g/mol. The number of rotatable bonds is 3. The molecule has 2 N–H and O–H groups in total. The van der Waals surface area contributed by atoms with Crippen LogP contribution in [0.2, 0.25) is 0 Å². The summed E-state index contributed by atoms with van der Waals surface area (Å²) in [6, 6.07) is 2.55. The summed E-state index contributed by atoms with van der Waals surface area (Å²) in [6.07, 6.45) is 10.5. The summed E-state index contributed by atoms with van der Waals surface area (Å²) in [6.45, 7) is 0. The first-order chi connectivity index (χ1) is 9.15. The topological polar surface area (TPSA) is 43.8 Å². The van der Waals surface area contributed by atoms with Gasteiger partial charge in [0.2, 0.25) is 0 Å². The first-order valence-corrected chi connectivity index (χ1v) is 7.63. The van der Waals surface area contributed by atoms with E-state index >= 15 is 0 Å². The van der Waals surface area contributed by atoms with Gasteiger partial charge in [-0.25, -0.2) is 4.39 Å². The normalized spacial score (nSPS) is 32.8. The Balaban J connectivity index is 1.66. The molecule has 0 spiro atoms. The van der Waals surface area contributed by atoms with Crippen molar-refractivity contribution < 1.29 is 4.39 Å². The van der Waals surface area contributed by atoms with Gasteiger partial charge in [0.25, 0.3) is 0 Å². The molecule has 0 radical (unpaired) electrons. The maximum atomic E-state index is 14.8. The maximum absolute atomic E-state index is 14.8. The molecule has 4 heteroatoms. The average molecular weight is 265 g/mol. The Kier molecular flexibility index (Phi) is 3.61. The van der Waals surface area contributed by atoms with Crippen molar-refractivity contribution in [3.63, 3.8) is 0 Å². The predicted octanol–water partition coefficient (Wildman–Crippen LogP) is 3.15. The smallest absolute Gasteiger partial charge is 0.118 e. The quantitative estimate of drug-likeness (QED) is 0.912. The van der Waals surface area contributed by atoms with Crippen molar-refractivity contribution >= 4 is 0 Å². The molecule has 1 aromatic heterocycles. The van der Waals surface area contributed by atoms with E-state index in [1.54, 1.807) is 0 Å². The Bertz CT molecular complexity index is 425. The van der Waals surface area contributed by atoms with E-state index in [1.165, 1.54) is 25.7 Å². The van der Waals surface area contributed by atoms with Crippen LogP contribution in [0.3, 0.4) is 0 Å². The second kappa shape index (κ2) is 5.23. The molecule has 2 aliphatic carbocycles. The van der Waals surface area contributed by atoms with Crippen molar-refractivity contribution in [3.8, 4) is 0 Å². The lowest BCUT2D eigenvalue weighted by molar-refractivity contribution is 0.0951. The number of hydrogen-bond donors (Lipinski definition) is 1. The van der Waals surface area contributed by atoms with E-state index in [4.69, 9.17) is 5.73 Å². The number of nitrogens with two attached hydrogens (primary N) is 1. The molecule has 2 saturated carbocycles. The van der Waals surface area contributed by atoms with Gasteiger partial charge in [0, 0.05) is 18.7 Å². The summed E-state index contributed by atoms with van der Waals surface area (Å²) in [5.74, 6) is 0. The molecule has 2 fully saturated rings. The van der Waals surface area contributed by atoms with E-state index in [2.05, 4.69) is 9.78 Å². The second-order valence-electron chi connectivity index (χ2n) is 6.41. The van der Waals surface area contributed by atoms with Crippen molar-refractivity contribution in [1.29, 1.82) is 0 Å². The highest BCUT2D eigenvalue weighted by Gasteiger charge is 2.36. The summed E-state index contributed by atoms with van der Waals surface area (Å²) in [4.78, 5) is 0. The van der Waals surface area contributed by atoms with Gasteiger partial charge in [0.1, 0.15) is 5.67 Å². The Morgan fingerprint density at radius 2 is 2.11 bits per heavy atom. The zero-order chi connectivity index (χ0) is 13.3. The molecular formula is C15H24FN3. The summed E-state index contributed by atoms with van der Waals surface area (Å²) in [5, 5.41) is 4.59. The Morgan fingerprint density at radius 3 is 2.84 bits per heavy atom. The summed E-state index contributed by atoms with van der Waals surface area (Å²) >= 11 is 0. The van der Waals surface area contributed by atoms with Gasteiger partial charge in [-0.1, -0.05) is 12.8 Å². The van der Waals surface area contributed by atoms with E-state index in [1.807, 2.05) is 12.3 Å². The standard InChI is InChI=1S/C15H24FN3/c16-15(8-3-4-12(17)10-15)11-13-7-9-19(18-13)14-5-1-2-6-14/h7,9,12,14H,1-6,8,10-11,17H2. The zero-order valence-electron chi connectivity index (χ0n) is 11.5. The summed E-state index contributed by atoms with van der Waals surface area (Å²) < 4.78 is 16.8. The molecule has 0 bridgehead atoms. The minimum absolute atomic E-state index is 0.0238. The minimum Gasteiger partial charge on any atom is -0.328 e. The molecule has 106 valence electrons. The van der Waals surface area contributed by atoms with Gasteiger partial charge in [-0.3, -0.25) is 4.68 Å². The van der Waals surface area contributed by atoms with Gasteiger partial charge in [-0.05, 0) is 44.6 Å². The van der Waals surface area contributed by atoms with Crippen LogP contribution in [0.25, 0.3) is 0 Å². The lowest BCUT2D eigenvalue weighted by Gasteiger charge is -2.32. The largest absolute Gasteiger partial charge is 0.328 e. The fourth-order valence-corrected chi connectivity index (χ4v) is 3.68. The predicted molar refractivity (Wildman–Crippen MR) is 73.7 cm³/mol. The number of hydrogen-bond acceptors (Lipinski definition) is 2. The highest BCUT2D eigenvalue weighted by Crippen LogP contribution is 2.34. The van der Waals surface area contributed by atoms with Gasteiger partial charge < -0.3 is 5.73 Å². The molecule has 0 amide bonds. The van der Waals surface area contributed by atoms with Crippen LogP contribution in [0.15, 0.2) is 12.3 Å². The number of halogens is 1. The lowest BCUT2D eigenvalue weighted by atomic mass is 9.81. The second-order valence-corrected chi connectivity index (χ2v) is 6.41. The minimum atomic E-state index is -1.13. The van der Waals surface area contributed by atoms with Crippen LogP contribution in [-0.2, 0) is 6.42 Å². The van der Waals surface area contributed by atoms with Crippen molar-refractivity contribution in [2.75, 3.05) is 0 Å². The molecule has 0 aromatic carbocycles. The van der Waals surface area contributed by atoms with Crippen LogP contribution in [0, 0.1) is 0 Å². The maximum Gasteiger partial charge on any atom is 0.118 e. The first-order valence-electron chi connectivity index (χ1n) is 7.63. The van der Waals surface area contributed by atoms with Gasteiger partial charge >= 0.3 is 0 Å². The fraction of sp³-hybridized carbons (Fsp3) is 0.800. The lowest BCUT2D eigenvalue weighted by Crippen LogP contribution is -2.39. The van der Waals surface area contributed by atoms with Crippen molar-refractivity contribution in [2.45, 2.75) is 75.5 Å². The Hall–Kier alpha value is -0.900. The highest BCUT2D eigenvalue weighted by atomic mass is 19.1. The SMILES string of the molecule is NC1CCCC(F)(Cc2ccn(C3CCCC3)n2)C1. The highest BCUT2D eigenvalue weighted by molar-refractivity contribution is 5.06. The molecule has 19 heavy (non-hydrogen) atoms. The average Bonchev–Trinajstić information content (AvgIpc) is 2.97. The van der Waals surface area contributed by atoms with Crippen molar-refractivity contribution in [2.24, 2.45) is 5.73 Å². The van der Waals surface area contributed by atoms with E-state index < -0.39 is 5.67 Å². The van der Waals surface area contributed by atoms with Crippen LogP contribution < -0.4 is 5.73 Å². The van der Waals surface area contributed by atoms with Crippen LogP contribution in [-0.4, -0.2) is 21.5 Å². The van der Waals surface area contributed by atoms with Crippen molar-refractivity contribution in [1.82, 2.24) is 9.78 Å². The van der Waals surface area contributed by atoms with Gasteiger partial charge in [-0.15, -0.1) is 0 Å². The molecule has 2 aliphatic rings. The molecule has 0 aliphatic heterocycles. The monoisotopic (exact) mass is 265 g/mol. The number of alkyl halides is 1. The van der Waals surface area contributed by atoms with E-state index in [0.29, 0.717) is 25.3 Å². The molecule has 2 atom stereocenters. The van der Waals surface area contributed by atoms with Crippen LogP contribution in [0.4, 0.5) is 4.39 Å². The van der Waals surface area contributed by atoms with Gasteiger partial charge in [0.05, 0.1) is 11.7 Å².